The van der Waals surface area contributed by atoms with Crippen LogP contribution in [0.5, 0.6) is 0 Å². The molecule has 1 saturated carbocycles. The predicted molar refractivity (Wildman–Crippen MR) is 87.7 cm³/mol. The first-order valence-electron chi connectivity index (χ1n) is 8.68. The van der Waals surface area contributed by atoms with E-state index in [9.17, 15) is 14.4 Å². The standard InChI is InChI=1S/C18H23N3O3/c22-16(20-11-8-13-5-3-4-10-19-13)9-12-21-17(23)14-6-1-2-7-15(14)18(21)24/h3-5,10,14-15H,1-2,6-9,11-12H2,(H,20,22)/t14-,15-/m0/s1. The summed E-state index contributed by atoms with van der Waals surface area (Å²) in [6.45, 7) is 0.697. The Labute approximate surface area is 141 Å². The van der Waals surface area contributed by atoms with E-state index < -0.39 is 0 Å². The minimum Gasteiger partial charge on any atom is -0.356 e. The van der Waals surface area contributed by atoms with Crippen LogP contribution >= 0.6 is 0 Å². The molecule has 3 amide bonds. The van der Waals surface area contributed by atoms with Crippen LogP contribution in [0.1, 0.15) is 37.8 Å². The quantitative estimate of drug-likeness (QED) is 0.798. The number of hydrogen-bond donors (Lipinski definition) is 1. The van der Waals surface area contributed by atoms with Gasteiger partial charge in [0.25, 0.3) is 0 Å². The summed E-state index contributed by atoms with van der Waals surface area (Å²) in [4.78, 5) is 42.1. The zero-order valence-corrected chi connectivity index (χ0v) is 13.7. The Morgan fingerprint density at radius 3 is 2.50 bits per heavy atom. The van der Waals surface area contributed by atoms with Gasteiger partial charge in [-0.1, -0.05) is 18.9 Å². The Morgan fingerprint density at radius 2 is 1.88 bits per heavy atom. The molecule has 1 aliphatic carbocycles. The average molecular weight is 329 g/mol. The lowest BCUT2D eigenvalue weighted by atomic mass is 9.81. The van der Waals surface area contributed by atoms with Gasteiger partial charge in [-0.05, 0) is 25.0 Å². The van der Waals surface area contributed by atoms with Gasteiger partial charge in [-0.25, -0.2) is 0 Å². The maximum Gasteiger partial charge on any atom is 0.233 e. The zero-order valence-electron chi connectivity index (χ0n) is 13.7. The van der Waals surface area contributed by atoms with E-state index in [1.807, 2.05) is 18.2 Å². The van der Waals surface area contributed by atoms with E-state index in [1.54, 1.807) is 6.20 Å². The molecule has 3 rings (SSSR count). The van der Waals surface area contributed by atoms with Gasteiger partial charge in [0.2, 0.25) is 17.7 Å². The first-order valence-corrected chi connectivity index (χ1v) is 8.68. The molecular formula is C18H23N3O3. The highest BCUT2D eigenvalue weighted by Gasteiger charge is 2.47. The van der Waals surface area contributed by atoms with E-state index in [0.29, 0.717) is 13.0 Å². The third-order valence-electron chi connectivity index (χ3n) is 4.92. The van der Waals surface area contributed by atoms with Gasteiger partial charge in [0.05, 0.1) is 11.8 Å². The molecule has 1 saturated heterocycles. The molecule has 128 valence electrons. The molecule has 0 aromatic carbocycles. The van der Waals surface area contributed by atoms with Crippen LogP contribution in [0.2, 0.25) is 0 Å². The Hall–Kier alpha value is -2.24. The van der Waals surface area contributed by atoms with Crippen molar-refractivity contribution in [2.75, 3.05) is 13.1 Å². The van der Waals surface area contributed by atoms with Gasteiger partial charge < -0.3 is 5.32 Å². The van der Waals surface area contributed by atoms with Crippen molar-refractivity contribution in [1.82, 2.24) is 15.2 Å². The molecule has 1 aliphatic heterocycles. The molecule has 1 aromatic rings. The Kier molecular flexibility index (Phi) is 5.23. The summed E-state index contributed by atoms with van der Waals surface area (Å²) in [7, 11) is 0. The van der Waals surface area contributed by atoms with E-state index >= 15 is 0 Å². The van der Waals surface area contributed by atoms with Crippen LogP contribution in [-0.2, 0) is 20.8 Å². The van der Waals surface area contributed by atoms with E-state index in [1.165, 1.54) is 4.90 Å². The molecule has 0 radical (unpaired) electrons. The van der Waals surface area contributed by atoms with Crippen molar-refractivity contribution in [2.24, 2.45) is 11.8 Å². The first-order chi connectivity index (χ1) is 11.7. The molecular weight excluding hydrogens is 306 g/mol. The van der Waals surface area contributed by atoms with Crippen molar-refractivity contribution in [3.63, 3.8) is 0 Å². The van der Waals surface area contributed by atoms with E-state index in [0.717, 1.165) is 31.4 Å². The molecule has 2 aliphatic rings. The highest BCUT2D eigenvalue weighted by molar-refractivity contribution is 6.05. The number of fused-ring (bicyclic) bond motifs is 1. The van der Waals surface area contributed by atoms with E-state index in [4.69, 9.17) is 0 Å². The summed E-state index contributed by atoms with van der Waals surface area (Å²) in [6.07, 6.45) is 6.20. The molecule has 6 nitrogen and oxygen atoms in total. The van der Waals surface area contributed by atoms with Crippen LogP contribution in [0, 0.1) is 11.8 Å². The number of carbonyl (C=O) groups is 3. The number of rotatable bonds is 6. The highest BCUT2D eigenvalue weighted by Crippen LogP contribution is 2.37. The molecule has 0 unspecified atom stereocenters. The maximum absolute atomic E-state index is 12.3. The van der Waals surface area contributed by atoms with Gasteiger partial charge >= 0.3 is 0 Å². The number of aromatic nitrogens is 1. The van der Waals surface area contributed by atoms with Crippen molar-refractivity contribution in [3.8, 4) is 0 Å². The van der Waals surface area contributed by atoms with Crippen LogP contribution in [0.4, 0.5) is 0 Å². The number of hydrogen-bond acceptors (Lipinski definition) is 4. The molecule has 6 heteroatoms. The van der Waals surface area contributed by atoms with Crippen LogP contribution in [-0.4, -0.2) is 40.7 Å². The fraction of sp³-hybridized carbons (Fsp3) is 0.556. The van der Waals surface area contributed by atoms with Gasteiger partial charge in [-0.3, -0.25) is 24.3 Å². The van der Waals surface area contributed by atoms with E-state index in [2.05, 4.69) is 10.3 Å². The smallest absolute Gasteiger partial charge is 0.233 e. The summed E-state index contributed by atoms with van der Waals surface area (Å²) >= 11 is 0. The number of nitrogens with one attached hydrogen (secondary N) is 1. The second kappa shape index (κ2) is 7.55. The molecule has 0 spiro atoms. The Balaban J connectivity index is 1.42. The maximum atomic E-state index is 12.3. The Morgan fingerprint density at radius 1 is 1.17 bits per heavy atom. The summed E-state index contributed by atoms with van der Waals surface area (Å²) < 4.78 is 0. The topological polar surface area (TPSA) is 79.4 Å². The molecule has 1 aromatic heterocycles. The van der Waals surface area contributed by atoms with Crippen molar-refractivity contribution in [3.05, 3.63) is 30.1 Å². The monoisotopic (exact) mass is 329 g/mol. The number of pyridine rings is 1. The van der Waals surface area contributed by atoms with Crippen molar-refractivity contribution in [1.29, 1.82) is 0 Å². The SMILES string of the molecule is O=C(CCN1C(=O)[C@H]2CCCC[C@@H]2C1=O)NCCc1ccccn1. The minimum absolute atomic E-state index is 0.0778. The van der Waals surface area contributed by atoms with Crippen molar-refractivity contribution in [2.45, 2.75) is 38.5 Å². The minimum atomic E-state index is -0.140. The van der Waals surface area contributed by atoms with Crippen LogP contribution in [0.25, 0.3) is 0 Å². The molecule has 0 bridgehead atoms. The summed E-state index contributed by atoms with van der Waals surface area (Å²) in [5.74, 6) is -0.574. The van der Waals surface area contributed by atoms with Crippen LogP contribution in [0.15, 0.2) is 24.4 Å². The van der Waals surface area contributed by atoms with Gasteiger partial charge in [-0.2, -0.15) is 0 Å². The van der Waals surface area contributed by atoms with Crippen LogP contribution < -0.4 is 5.32 Å². The second-order valence-corrected chi connectivity index (χ2v) is 6.50. The molecule has 2 fully saturated rings. The second-order valence-electron chi connectivity index (χ2n) is 6.50. The highest BCUT2D eigenvalue weighted by atomic mass is 16.2. The number of carbonyl (C=O) groups excluding carboxylic acids is 3. The lowest BCUT2D eigenvalue weighted by Gasteiger charge is -2.19. The molecule has 24 heavy (non-hydrogen) atoms. The number of nitrogens with zero attached hydrogens (tertiary/aromatic N) is 2. The summed E-state index contributed by atoms with van der Waals surface area (Å²) in [6, 6.07) is 5.67. The van der Waals surface area contributed by atoms with Gasteiger partial charge in [-0.15, -0.1) is 0 Å². The normalized spacial score (nSPS) is 23.2. The number of likely N-dealkylation sites (tertiary alicyclic amines) is 1. The fourth-order valence-electron chi connectivity index (χ4n) is 3.63. The van der Waals surface area contributed by atoms with Gasteiger partial charge in [0.15, 0.2) is 0 Å². The molecule has 2 heterocycles. The summed E-state index contributed by atoms with van der Waals surface area (Å²) in [5.41, 5.74) is 0.923. The third-order valence-corrected chi connectivity index (χ3v) is 4.92. The van der Waals surface area contributed by atoms with Crippen LogP contribution in [0.3, 0.4) is 0 Å². The number of amides is 3. The van der Waals surface area contributed by atoms with Gasteiger partial charge in [0, 0.05) is 37.8 Å². The first kappa shape index (κ1) is 16.6. The fourth-order valence-corrected chi connectivity index (χ4v) is 3.63. The average Bonchev–Trinajstić information content (AvgIpc) is 2.85. The largest absolute Gasteiger partial charge is 0.356 e. The summed E-state index contributed by atoms with van der Waals surface area (Å²) in [5, 5.41) is 2.82. The van der Waals surface area contributed by atoms with Crippen molar-refractivity contribution >= 4 is 17.7 Å². The third kappa shape index (κ3) is 3.63. The van der Waals surface area contributed by atoms with E-state index in [-0.39, 0.29) is 42.5 Å². The molecule has 1 N–H and O–H groups in total. The predicted octanol–water partition coefficient (Wildman–Crippen LogP) is 1.31. The Bertz CT molecular complexity index is 593. The van der Waals surface area contributed by atoms with Crippen molar-refractivity contribution < 1.29 is 14.4 Å². The lowest BCUT2D eigenvalue weighted by molar-refractivity contribution is -0.140. The zero-order chi connectivity index (χ0) is 16.9. The van der Waals surface area contributed by atoms with Gasteiger partial charge in [0.1, 0.15) is 0 Å². The molecule has 2 atom stereocenters. The number of imide groups is 1. The lowest BCUT2D eigenvalue weighted by Crippen LogP contribution is -2.36.